The zero-order chi connectivity index (χ0) is 39.3. The van der Waals surface area contributed by atoms with Crippen LogP contribution >= 0.6 is 0 Å². The molecule has 4 aliphatic heterocycles. The molecule has 0 aromatic heterocycles. The number of allylic oxidation sites excluding steroid dienone is 5. The average Bonchev–Trinajstić information content (AvgIpc) is 3.93. The van der Waals surface area contributed by atoms with Gasteiger partial charge in [0.05, 0.1) is 24.4 Å². The zero-order valence-corrected chi connectivity index (χ0v) is 33.4. The molecule has 4 fully saturated rings. The predicted molar refractivity (Wildman–Crippen MR) is 203 cm³/mol. The second kappa shape index (κ2) is 18.3. The van der Waals surface area contributed by atoms with E-state index in [0.29, 0.717) is 44.6 Å². The first-order valence-electron chi connectivity index (χ1n) is 20.1. The highest BCUT2D eigenvalue weighted by Gasteiger charge is 2.56. The van der Waals surface area contributed by atoms with E-state index in [9.17, 15) is 24.3 Å². The van der Waals surface area contributed by atoms with Gasteiger partial charge in [-0.1, -0.05) is 50.6 Å². The molecule has 3 saturated heterocycles. The third-order valence-corrected chi connectivity index (χ3v) is 12.3. The number of carbonyl (C=O) groups excluding carboxylic acids is 4. The van der Waals surface area contributed by atoms with Crippen molar-refractivity contribution in [3.05, 3.63) is 48.1 Å². The van der Waals surface area contributed by atoms with Crippen molar-refractivity contribution in [3.8, 4) is 0 Å². The topological polar surface area (TPSA) is 141 Å². The quantitative estimate of drug-likeness (QED) is 0.152. The summed E-state index contributed by atoms with van der Waals surface area (Å²) in [4.78, 5) is 57.5. The number of methoxy groups -OCH3 is 2. The fraction of sp³-hybridized carbons (Fsp3) is 0.721. The second-order valence-corrected chi connectivity index (χ2v) is 16.7. The number of ether oxygens (including phenoxy) is 5. The lowest BCUT2D eigenvalue weighted by Crippen LogP contribution is -2.64. The monoisotopic (exact) mass is 753 g/mol. The molecule has 300 valence electrons. The van der Waals surface area contributed by atoms with Crippen LogP contribution in [-0.2, 0) is 42.9 Å². The lowest BCUT2D eigenvalue weighted by Gasteiger charge is -2.47. The van der Waals surface area contributed by atoms with Crippen LogP contribution in [-0.4, -0.2) is 103 Å². The number of epoxide rings is 1. The summed E-state index contributed by atoms with van der Waals surface area (Å²) in [5, 5.41) is 12.0. The number of cyclic esters (lactones) is 1. The van der Waals surface area contributed by atoms with Gasteiger partial charge in [-0.25, -0.2) is 4.79 Å². The first kappa shape index (κ1) is 42.2. The molecule has 2 bridgehead atoms. The van der Waals surface area contributed by atoms with Gasteiger partial charge in [-0.3, -0.25) is 14.4 Å². The summed E-state index contributed by atoms with van der Waals surface area (Å²) in [5.41, 5.74) is 1.89. The number of fused-ring (bicyclic) bond motifs is 4. The molecule has 0 aromatic rings. The molecule has 13 atom stereocenters. The minimum Gasteiger partial charge on any atom is -0.456 e. The van der Waals surface area contributed by atoms with E-state index >= 15 is 0 Å². The SMILES string of the molecule is C=CCC1C=C(C)CC(C)CC(OC)C2OC(O)(C(=O)C(=O)N3CCCCC3C(=O)OC(C(C)=CC3CCC4OC4C3)C(C)C=CC1=O)C(C)CC2OC. The van der Waals surface area contributed by atoms with Gasteiger partial charge in [0.15, 0.2) is 5.78 Å². The lowest BCUT2D eigenvalue weighted by atomic mass is 9.82. The molecule has 11 nitrogen and oxygen atoms in total. The van der Waals surface area contributed by atoms with Crippen molar-refractivity contribution in [1.82, 2.24) is 4.90 Å². The van der Waals surface area contributed by atoms with Crippen LogP contribution in [0.4, 0.5) is 0 Å². The molecule has 13 unspecified atom stereocenters. The number of carbonyl (C=O) groups is 4. The maximum atomic E-state index is 14.2. The van der Waals surface area contributed by atoms with Crippen LogP contribution in [0.25, 0.3) is 0 Å². The van der Waals surface area contributed by atoms with E-state index in [-0.39, 0.29) is 42.6 Å². The van der Waals surface area contributed by atoms with Crippen molar-refractivity contribution in [2.24, 2.45) is 29.6 Å². The Kier molecular flexibility index (Phi) is 14.3. The Balaban J connectivity index is 1.52. The van der Waals surface area contributed by atoms with E-state index in [1.165, 1.54) is 4.90 Å². The highest BCUT2D eigenvalue weighted by molar-refractivity contribution is 6.39. The van der Waals surface area contributed by atoms with Crippen molar-refractivity contribution in [2.45, 2.75) is 147 Å². The van der Waals surface area contributed by atoms with Crippen molar-refractivity contribution in [1.29, 1.82) is 0 Å². The number of amides is 1. The van der Waals surface area contributed by atoms with Crippen LogP contribution in [0.2, 0.25) is 0 Å². The summed E-state index contributed by atoms with van der Waals surface area (Å²) in [6.07, 6.45) is 13.6. The summed E-state index contributed by atoms with van der Waals surface area (Å²) in [6.45, 7) is 13.7. The van der Waals surface area contributed by atoms with Gasteiger partial charge in [-0.2, -0.15) is 0 Å². The molecule has 0 aromatic carbocycles. The molecular formula is C43H63NO10. The minimum atomic E-state index is -2.46. The number of rotatable bonds is 6. The van der Waals surface area contributed by atoms with Gasteiger partial charge in [0.1, 0.15) is 18.2 Å². The first-order valence-corrected chi connectivity index (χ1v) is 20.1. The number of Topliss-reactive ketones (excluding diaryl/α,β-unsaturated/α-hetero) is 1. The van der Waals surface area contributed by atoms with E-state index < -0.39 is 65.7 Å². The fourth-order valence-corrected chi connectivity index (χ4v) is 9.16. The molecule has 5 aliphatic rings. The normalized spacial score (nSPS) is 40.5. The van der Waals surface area contributed by atoms with Crippen LogP contribution in [0.1, 0.15) is 98.8 Å². The van der Waals surface area contributed by atoms with Gasteiger partial charge in [-0.05, 0) is 102 Å². The first-order chi connectivity index (χ1) is 25.7. The fourth-order valence-electron chi connectivity index (χ4n) is 9.16. The molecule has 0 radical (unpaired) electrons. The number of esters is 1. The second-order valence-electron chi connectivity index (χ2n) is 16.7. The van der Waals surface area contributed by atoms with Crippen molar-refractivity contribution < 1.29 is 48.0 Å². The number of ketones is 2. The van der Waals surface area contributed by atoms with E-state index in [0.717, 1.165) is 30.4 Å². The van der Waals surface area contributed by atoms with Crippen molar-refractivity contribution in [3.63, 3.8) is 0 Å². The Morgan fingerprint density at radius 3 is 2.43 bits per heavy atom. The van der Waals surface area contributed by atoms with Crippen molar-refractivity contribution in [2.75, 3.05) is 20.8 Å². The van der Waals surface area contributed by atoms with E-state index in [4.69, 9.17) is 23.7 Å². The summed E-state index contributed by atoms with van der Waals surface area (Å²) in [5.74, 6) is -6.50. The van der Waals surface area contributed by atoms with Gasteiger partial charge in [0, 0.05) is 38.5 Å². The predicted octanol–water partition coefficient (Wildman–Crippen LogP) is 5.84. The number of nitrogens with zero attached hydrogens (tertiary/aromatic N) is 1. The van der Waals surface area contributed by atoms with Gasteiger partial charge in [0.2, 0.25) is 5.79 Å². The number of aliphatic hydroxyl groups is 1. The van der Waals surface area contributed by atoms with Crippen LogP contribution in [0.15, 0.2) is 48.1 Å². The molecule has 5 rings (SSSR count). The summed E-state index contributed by atoms with van der Waals surface area (Å²) in [6, 6.07) is -1.03. The molecule has 1 saturated carbocycles. The Labute approximate surface area is 321 Å². The van der Waals surface area contributed by atoms with Gasteiger partial charge < -0.3 is 33.7 Å². The Bertz CT molecular complexity index is 1490. The molecule has 4 heterocycles. The molecule has 1 N–H and O–H groups in total. The third kappa shape index (κ3) is 9.70. The van der Waals surface area contributed by atoms with Crippen LogP contribution in [0.3, 0.4) is 0 Å². The number of piperidine rings is 1. The molecule has 1 amide bonds. The van der Waals surface area contributed by atoms with Crippen molar-refractivity contribution >= 4 is 23.4 Å². The highest BCUT2D eigenvalue weighted by atomic mass is 16.7. The summed E-state index contributed by atoms with van der Waals surface area (Å²) >= 11 is 0. The Morgan fingerprint density at radius 1 is 1.02 bits per heavy atom. The van der Waals surface area contributed by atoms with E-state index in [2.05, 4.69) is 19.6 Å². The van der Waals surface area contributed by atoms with Crippen LogP contribution in [0, 0.1) is 29.6 Å². The largest absolute Gasteiger partial charge is 0.456 e. The minimum absolute atomic E-state index is 0.0653. The average molecular weight is 754 g/mol. The highest BCUT2D eigenvalue weighted by Crippen LogP contribution is 2.41. The van der Waals surface area contributed by atoms with Gasteiger partial charge in [-0.15, -0.1) is 6.58 Å². The Morgan fingerprint density at radius 2 is 1.74 bits per heavy atom. The summed E-state index contributed by atoms with van der Waals surface area (Å²) in [7, 11) is 3.10. The number of hydrogen-bond acceptors (Lipinski definition) is 10. The van der Waals surface area contributed by atoms with Gasteiger partial charge in [0.25, 0.3) is 11.7 Å². The van der Waals surface area contributed by atoms with E-state index in [1.54, 1.807) is 39.4 Å². The smallest absolute Gasteiger partial charge is 0.329 e. The van der Waals surface area contributed by atoms with Gasteiger partial charge >= 0.3 is 5.97 Å². The summed E-state index contributed by atoms with van der Waals surface area (Å²) < 4.78 is 30.1. The Hall–Kier alpha value is -2.96. The molecule has 1 aliphatic carbocycles. The maximum absolute atomic E-state index is 14.2. The standard InChI is InChI=1S/C43H63NO10/c1-9-12-31-20-25(2)19-26(3)21-36(50-7)39-37(51-8)23-29(6)43(49,54-39)40(46)41(47)44-18-11-10-13-32(44)42(48)53-38(27(4)14-16-33(31)45)28(5)22-30-15-17-34-35(24-30)52-34/h9,14,16,20,22,26-27,29-32,34-39,49H,1,10-13,15,17-19,21,23-24H2,2-8H3. The molecule has 11 heteroatoms. The molecule has 54 heavy (non-hydrogen) atoms. The molecule has 0 spiro atoms. The maximum Gasteiger partial charge on any atom is 0.329 e. The zero-order valence-electron chi connectivity index (χ0n) is 33.4. The van der Waals surface area contributed by atoms with E-state index in [1.807, 2.05) is 26.8 Å². The molecular weight excluding hydrogens is 690 g/mol. The third-order valence-electron chi connectivity index (χ3n) is 12.3. The lowest BCUT2D eigenvalue weighted by molar-refractivity contribution is -0.302. The van der Waals surface area contributed by atoms with Crippen LogP contribution < -0.4 is 0 Å². The van der Waals surface area contributed by atoms with Crippen LogP contribution in [0.5, 0.6) is 0 Å². The number of hydrogen-bond donors (Lipinski definition) is 1.